The number of ether oxygens (including phenoxy) is 4. The van der Waals surface area contributed by atoms with Gasteiger partial charge in [0.1, 0.15) is 13.2 Å². The number of rotatable bonds is 11. The SMILES string of the molecule is CCCOc1ccc(C2/C(=C(\[O-])c3ccc4c(c3)OCCO4)C(=O)C(=O)N2CCC[NH+](C)C)cc1OCC. The lowest BCUT2D eigenvalue weighted by Gasteiger charge is -2.28. The molecule has 4 rings (SSSR count). The Labute approximate surface area is 223 Å². The number of likely N-dealkylation sites (tertiary alicyclic amines) is 1. The van der Waals surface area contributed by atoms with Gasteiger partial charge in [0, 0.05) is 18.5 Å². The van der Waals surface area contributed by atoms with E-state index in [-0.39, 0.29) is 11.1 Å². The Hall–Kier alpha value is -3.72. The van der Waals surface area contributed by atoms with Crippen molar-refractivity contribution in [3.63, 3.8) is 0 Å². The Morgan fingerprint density at radius 2 is 1.79 bits per heavy atom. The van der Waals surface area contributed by atoms with E-state index >= 15 is 0 Å². The van der Waals surface area contributed by atoms with Crippen LogP contribution in [-0.2, 0) is 9.59 Å². The highest BCUT2D eigenvalue weighted by molar-refractivity contribution is 6.46. The fourth-order valence-electron chi connectivity index (χ4n) is 4.68. The summed E-state index contributed by atoms with van der Waals surface area (Å²) in [6, 6.07) is 9.33. The maximum Gasteiger partial charge on any atom is 0.295 e. The molecule has 1 saturated heterocycles. The standard InChI is InChI=1S/C29H36N2O7/c1-5-14-36-21-10-8-19(17-23(21)35-6-2)26-25(28(33)29(34)31(26)13-7-12-30(3)4)27(32)20-9-11-22-24(18-20)38-16-15-37-22/h8-11,17-18,26,32H,5-7,12-16H2,1-4H3/b27-25+. The number of carbonyl (C=O) groups excluding carboxylic acids is 2. The van der Waals surface area contributed by atoms with Crippen LogP contribution in [0.3, 0.4) is 0 Å². The van der Waals surface area contributed by atoms with Crippen LogP contribution in [0.15, 0.2) is 42.0 Å². The Morgan fingerprint density at radius 1 is 1.03 bits per heavy atom. The highest BCUT2D eigenvalue weighted by Crippen LogP contribution is 2.42. The van der Waals surface area contributed by atoms with Crippen molar-refractivity contribution in [1.82, 2.24) is 4.90 Å². The molecule has 9 nitrogen and oxygen atoms in total. The molecule has 1 N–H and O–H groups in total. The number of hydrogen-bond acceptors (Lipinski definition) is 7. The molecule has 0 aliphatic carbocycles. The van der Waals surface area contributed by atoms with Crippen LogP contribution >= 0.6 is 0 Å². The molecule has 1 atom stereocenters. The lowest BCUT2D eigenvalue weighted by Crippen LogP contribution is -3.05. The Balaban J connectivity index is 1.80. The lowest BCUT2D eigenvalue weighted by atomic mass is 9.94. The number of benzene rings is 2. The molecule has 1 amide bonds. The summed E-state index contributed by atoms with van der Waals surface area (Å²) in [6.45, 7) is 6.78. The highest BCUT2D eigenvalue weighted by Gasteiger charge is 2.44. The number of fused-ring (bicyclic) bond motifs is 1. The monoisotopic (exact) mass is 524 g/mol. The van der Waals surface area contributed by atoms with Gasteiger partial charge in [-0.15, -0.1) is 0 Å². The number of nitrogens with zero attached hydrogens (tertiary/aromatic N) is 1. The zero-order chi connectivity index (χ0) is 27.2. The van der Waals surface area contributed by atoms with Crippen molar-refractivity contribution in [2.24, 2.45) is 0 Å². The van der Waals surface area contributed by atoms with Gasteiger partial charge in [0.25, 0.3) is 5.91 Å². The van der Waals surface area contributed by atoms with Gasteiger partial charge in [-0.05, 0) is 48.7 Å². The van der Waals surface area contributed by atoms with Crippen LogP contribution in [-0.4, -0.2) is 70.2 Å². The van der Waals surface area contributed by atoms with Gasteiger partial charge in [-0.3, -0.25) is 9.59 Å². The molecule has 2 aromatic carbocycles. The van der Waals surface area contributed by atoms with E-state index in [4.69, 9.17) is 18.9 Å². The predicted molar refractivity (Wildman–Crippen MR) is 140 cm³/mol. The van der Waals surface area contributed by atoms with Gasteiger partial charge in [-0.2, -0.15) is 0 Å². The molecule has 2 aliphatic heterocycles. The third-order valence-electron chi connectivity index (χ3n) is 6.45. The molecule has 2 heterocycles. The summed E-state index contributed by atoms with van der Waals surface area (Å²) in [5.41, 5.74) is 0.811. The van der Waals surface area contributed by atoms with E-state index in [0.29, 0.717) is 68.0 Å². The third kappa shape index (κ3) is 5.72. The van der Waals surface area contributed by atoms with Crippen molar-refractivity contribution in [3.05, 3.63) is 53.1 Å². The quantitative estimate of drug-likeness (QED) is 0.269. The van der Waals surface area contributed by atoms with Gasteiger partial charge < -0.3 is 33.9 Å². The van der Waals surface area contributed by atoms with E-state index in [1.54, 1.807) is 36.4 Å². The molecule has 2 aromatic rings. The average Bonchev–Trinajstić information content (AvgIpc) is 3.16. The molecule has 1 fully saturated rings. The first kappa shape index (κ1) is 27.3. The second-order valence-electron chi connectivity index (χ2n) is 9.63. The van der Waals surface area contributed by atoms with Crippen LogP contribution in [0.2, 0.25) is 0 Å². The molecule has 1 unspecified atom stereocenters. The number of quaternary nitrogens is 1. The third-order valence-corrected chi connectivity index (χ3v) is 6.45. The molecule has 2 aliphatic rings. The van der Waals surface area contributed by atoms with E-state index in [2.05, 4.69) is 0 Å². The lowest BCUT2D eigenvalue weighted by molar-refractivity contribution is -0.858. The van der Waals surface area contributed by atoms with E-state index in [9.17, 15) is 14.7 Å². The van der Waals surface area contributed by atoms with Crippen molar-refractivity contribution in [1.29, 1.82) is 0 Å². The van der Waals surface area contributed by atoms with Gasteiger partial charge in [0.15, 0.2) is 23.0 Å². The van der Waals surface area contributed by atoms with E-state index in [0.717, 1.165) is 13.0 Å². The number of ketones is 1. The molecule has 9 heteroatoms. The van der Waals surface area contributed by atoms with Crippen LogP contribution in [0.25, 0.3) is 5.76 Å². The summed E-state index contributed by atoms with van der Waals surface area (Å²) in [4.78, 5) is 29.3. The van der Waals surface area contributed by atoms with Crippen LogP contribution in [0.5, 0.6) is 23.0 Å². The van der Waals surface area contributed by atoms with Gasteiger partial charge in [0.05, 0.1) is 39.9 Å². The smallest absolute Gasteiger partial charge is 0.295 e. The summed E-state index contributed by atoms with van der Waals surface area (Å²) < 4.78 is 22.9. The Kier molecular flexibility index (Phi) is 8.78. The molecular weight excluding hydrogens is 488 g/mol. The van der Waals surface area contributed by atoms with Crippen molar-refractivity contribution < 1.29 is 38.5 Å². The first-order chi connectivity index (χ1) is 18.3. The minimum Gasteiger partial charge on any atom is -0.872 e. The molecule has 0 saturated carbocycles. The number of Topliss-reactive ketones (excluding diaryl/α,β-unsaturated/α-hetero) is 1. The molecule has 0 radical (unpaired) electrons. The van der Waals surface area contributed by atoms with Gasteiger partial charge in [0.2, 0.25) is 5.78 Å². The average molecular weight is 525 g/mol. The van der Waals surface area contributed by atoms with Gasteiger partial charge in [-0.25, -0.2) is 0 Å². The van der Waals surface area contributed by atoms with Crippen LogP contribution in [0.1, 0.15) is 43.9 Å². The highest BCUT2D eigenvalue weighted by atomic mass is 16.6. The minimum absolute atomic E-state index is 0.0754. The first-order valence-corrected chi connectivity index (χ1v) is 13.2. The van der Waals surface area contributed by atoms with E-state index in [1.165, 1.54) is 9.80 Å². The van der Waals surface area contributed by atoms with Crippen LogP contribution in [0.4, 0.5) is 0 Å². The van der Waals surface area contributed by atoms with Crippen molar-refractivity contribution in [3.8, 4) is 23.0 Å². The van der Waals surface area contributed by atoms with E-state index in [1.807, 2.05) is 27.9 Å². The molecule has 0 bridgehead atoms. The number of hydrogen-bond donors (Lipinski definition) is 1. The summed E-state index contributed by atoms with van der Waals surface area (Å²) in [5, 5.41) is 13.8. The number of carbonyl (C=O) groups is 2. The largest absolute Gasteiger partial charge is 0.872 e. The summed E-state index contributed by atoms with van der Waals surface area (Å²) in [6.07, 6.45) is 1.52. The van der Waals surface area contributed by atoms with Crippen LogP contribution < -0.4 is 29.0 Å². The Bertz CT molecular complexity index is 1210. The number of nitrogens with one attached hydrogen (secondary N) is 1. The zero-order valence-electron chi connectivity index (χ0n) is 22.5. The molecule has 0 spiro atoms. The molecular formula is C29H36N2O7. The molecule has 204 valence electrons. The van der Waals surface area contributed by atoms with Crippen molar-refractivity contribution in [2.45, 2.75) is 32.7 Å². The maximum absolute atomic E-state index is 13.8. The first-order valence-electron chi connectivity index (χ1n) is 13.2. The van der Waals surface area contributed by atoms with Crippen LogP contribution in [0, 0.1) is 0 Å². The minimum atomic E-state index is -0.840. The summed E-state index contributed by atoms with van der Waals surface area (Å²) in [7, 11) is 4.06. The summed E-state index contributed by atoms with van der Waals surface area (Å²) in [5.74, 6) is 0.114. The molecule has 38 heavy (non-hydrogen) atoms. The van der Waals surface area contributed by atoms with Crippen molar-refractivity contribution in [2.75, 3.05) is 53.6 Å². The van der Waals surface area contributed by atoms with Gasteiger partial charge >= 0.3 is 0 Å². The van der Waals surface area contributed by atoms with E-state index < -0.39 is 23.5 Å². The fraction of sp³-hybridized carbons (Fsp3) is 0.448. The topological polar surface area (TPSA) is 102 Å². The normalized spacial score (nSPS) is 18.2. The number of amides is 1. The second kappa shape index (κ2) is 12.2. The van der Waals surface area contributed by atoms with Gasteiger partial charge in [-0.1, -0.05) is 24.8 Å². The second-order valence-corrected chi connectivity index (χ2v) is 9.63. The predicted octanol–water partition coefficient (Wildman–Crippen LogP) is 1.40. The fourth-order valence-corrected chi connectivity index (χ4v) is 4.68. The summed E-state index contributed by atoms with van der Waals surface area (Å²) >= 11 is 0. The van der Waals surface area contributed by atoms with Crippen molar-refractivity contribution >= 4 is 17.4 Å². The zero-order valence-corrected chi connectivity index (χ0v) is 22.5. The molecule has 0 aromatic heterocycles. The maximum atomic E-state index is 13.8. The Morgan fingerprint density at radius 3 is 2.50 bits per heavy atom.